The number of likely N-dealkylation sites (tertiary alicyclic amines) is 1. The zero-order valence-corrected chi connectivity index (χ0v) is 8.38. The fraction of sp³-hybridized carbons (Fsp3) is 0.625. The molecule has 13 heavy (non-hydrogen) atoms. The molecule has 0 N–H and O–H groups in total. The molecular formula is C8H11NO3S. The number of imide groups is 1. The molecule has 1 aliphatic rings. The van der Waals surface area contributed by atoms with Crippen LogP contribution in [0.15, 0.2) is 0 Å². The van der Waals surface area contributed by atoms with Crippen molar-refractivity contribution in [1.29, 1.82) is 0 Å². The van der Waals surface area contributed by atoms with Crippen LogP contribution in [-0.2, 0) is 14.4 Å². The molecule has 2 unspecified atom stereocenters. The third-order valence-corrected chi connectivity index (χ3v) is 2.54. The van der Waals surface area contributed by atoms with Gasteiger partial charge in [-0.3, -0.25) is 19.3 Å². The van der Waals surface area contributed by atoms with Crippen molar-refractivity contribution in [2.75, 3.05) is 0 Å². The first-order chi connectivity index (χ1) is 5.95. The van der Waals surface area contributed by atoms with E-state index in [4.69, 9.17) is 0 Å². The van der Waals surface area contributed by atoms with Crippen LogP contribution < -0.4 is 0 Å². The minimum absolute atomic E-state index is 0.0968. The lowest BCUT2D eigenvalue weighted by molar-refractivity contribution is -0.144. The first-order valence-electron chi connectivity index (χ1n) is 3.99. The highest BCUT2D eigenvalue weighted by molar-refractivity contribution is 7.81. The van der Waals surface area contributed by atoms with E-state index in [9.17, 15) is 14.4 Å². The molecule has 0 aromatic carbocycles. The van der Waals surface area contributed by atoms with Gasteiger partial charge in [0.05, 0.1) is 11.3 Å². The Hall–Kier alpha value is -0.840. The van der Waals surface area contributed by atoms with Crippen molar-refractivity contribution in [2.24, 2.45) is 0 Å². The Bertz CT molecular complexity index is 277. The minimum Gasteiger partial charge on any atom is -0.298 e. The second-order valence-corrected chi connectivity index (χ2v) is 3.73. The van der Waals surface area contributed by atoms with E-state index in [2.05, 4.69) is 12.6 Å². The van der Waals surface area contributed by atoms with Crippen molar-refractivity contribution in [1.82, 2.24) is 4.90 Å². The summed E-state index contributed by atoms with van der Waals surface area (Å²) in [5.74, 6) is -0.868. The van der Waals surface area contributed by atoms with Gasteiger partial charge in [-0.15, -0.1) is 0 Å². The van der Waals surface area contributed by atoms with Gasteiger partial charge in [-0.25, -0.2) is 0 Å². The molecule has 0 radical (unpaired) electrons. The van der Waals surface area contributed by atoms with Gasteiger partial charge in [-0.1, -0.05) is 0 Å². The van der Waals surface area contributed by atoms with Gasteiger partial charge >= 0.3 is 0 Å². The molecule has 4 nitrogen and oxygen atoms in total. The van der Waals surface area contributed by atoms with Gasteiger partial charge in [-0.2, -0.15) is 12.6 Å². The van der Waals surface area contributed by atoms with Crippen LogP contribution in [-0.4, -0.2) is 33.8 Å². The molecule has 5 heteroatoms. The molecule has 72 valence electrons. The van der Waals surface area contributed by atoms with Crippen LogP contribution in [0.4, 0.5) is 0 Å². The fourth-order valence-electron chi connectivity index (χ4n) is 1.22. The number of ketones is 1. The van der Waals surface area contributed by atoms with Crippen molar-refractivity contribution in [2.45, 2.75) is 31.6 Å². The van der Waals surface area contributed by atoms with E-state index in [-0.39, 0.29) is 24.0 Å². The number of amides is 2. The topological polar surface area (TPSA) is 54.5 Å². The lowest BCUT2D eigenvalue weighted by Gasteiger charge is -2.19. The van der Waals surface area contributed by atoms with Crippen molar-refractivity contribution >= 4 is 30.2 Å². The van der Waals surface area contributed by atoms with Crippen LogP contribution >= 0.6 is 12.6 Å². The molecule has 0 aromatic heterocycles. The maximum Gasteiger partial charge on any atom is 0.243 e. The summed E-state index contributed by atoms with van der Waals surface area (Å²) in [6.45, 7) is 2.90. The summed E-state index contributed by atoms with van der Waals surface area (Å²) in [6, 6.07) is -0.655. The zero-order valence-electron chi connectivity index (χ0n) is 7.48. The number of Topliss-reactive ketones (excluding diaryl/α,β-unsaturated/α-hetero) is 1. The monoisotopic (exact) mass is 201 g/mol. The van der Waals surface area contributed by atoms with Gasteiger partial charge in [0, 0.05) is 6.42 Å². The van der Waals surface area contributed by atoms with Gasteiger partial charge in [0.15, 0.2) is 5.78 Å². The second kappa shape index (κ2) is 3.49. The van der Waals surface area contributed by atoms with Crippen molar-refractivity contribution < 1.29 is 14.4 Å². The SMILES string of the molecule is CC(=O)C(C)N1C(=O)CC(S)C1=O. The number of hydrogen-bond acceptors (Lipinski definition) is 4. The van der Waals surface area contributed by atoms with Crippen molar-refractivity contribution in [3.05, 3.63) is 0 Å². The Morgan fingerprint density at radius 2 is 2.15 bits per heavy atom. The Balaban J connectivity index is 2.86. The summed E-state index contributed by atoms with van der Waals surface area (Å²) in [6.07, 6.45) is 0.0968. The summed E-state index contributed by atoms with van der Waals surface area (Å²) in [5, 5.41) is -0.575. The van der Waals surface area contributed by atoms with E-state index in [1.165, 1.54) is 6.92 Å². The number of hydrogen-bond donors (Lipinski definition) is 1. The number of carbonyl (C=O) groups is 3. The average molecular weight is 201 g/mol. The Kier molecular flexibility index (Phi) is 2.75. The maximum atomic E-state index is 11.3. The lowest BCUT2D eigenvalue weighted by atomic mass is 10.2. The molecular weight excluding hydrogens is 190 g/mol. The molecule has 0 saturated carbocycles. The fourth-order valence-corrected chi connectivity index (χ4v) is 1.50. The standard InChI is InChI=1S/C8H11NO3S/c1-4(5(2)10)9-7(11)3-6(13)8(9)12/h4,6,13H,3H2,1-2H3. The predicted molar refractivity (Wildman–Crippen MR) is 49.4 cm³/mol. The molecule has 0 aromatic rings. The van der Waals surface area contributed by atoms with E-state index in [0.29, 0.717) is 0 Å². The van der Waals surface area contributed by atoms with E-state index in [0.717, 1.165) is 4.90 Å². The quantitative estimate of drug-likeness (QED) is 0.506. The van der Waals surface area contributed by atoms with Gasteiger partial charge < -0.3 is 0 Å². The molecule has 1 heterocycles. The molecule has 1 fully saturated rings. The minimum atomic E-state index is -0.655. The largest absolute Gasteiger partial charge is 0.298 e. The van der Waals surface area contributed by atoms with Crippen LogP contribution in [0.3, 0.4) is 0 Å². The first-order valence-corrected chi connectivity index (χ1v) is 4.51. The molecule has 0 bridgehead atoms. The van der Waals surface area contributed by atoms with E-state index < -0.39 is 11.3 Å². The van der Waals surface area contributed by atoms with Crippen molar-refractivity contribution in [3.63, 3.8) is 0 Å². The summed E-state index contributed by atoms with van der Waals surface area (Å²) in [5.41, 5.74) is 0. The normalized spacial score (nSPS) is 25.2. The smallest absolute Gasteiger partial charge is 0.243 e. The highest BCUT2D eigenvalue weighted by atomic mass is 32.1. The molecule has 2 atom stereocenters. The number of rotatable bonds is 2. The summed E-state index contributed by atoms with van der Waals surface area (Å²) >= 11 is 3.95. The van der Waals surface area contributed by atoms with Gasteiger partial charge in [0.1, 0.15) is 0 Å². The summed E-state index contributed by atoms with van der Waals surface area (Å²) in [7, 11) is 0. The van der Waals surface area contributed by atoms with Crippen LogP contribution in [0.25, 0.3) is 0 Å². The number of carbonyl (C=O) groups excluding carboxylic acids is 3. The predicted octanol–water partition coefficient (Wildman–Crippen LogP) is 0.0212. The molecule has 1 aliphatic heterocycles. The van der Waals surface area contributed by atoms with E-state index in [1.54, 1.807) is 6.92 Å². The Labute approximate surface area is 81.7 Å². The molecule has 0 aliphatic carbocycles. The Morgan fingerprint density at radius 3 is 2.46 bits per heavy atom. The molecule has 1 rings (SSSR count). The van der Waals surface area contributed by atoms with Gasteiger partial charge in [0.2, 0.25) is 11.8 Å². The van der Waals surface area contributed by atoms with Gasteiger partial charge in [-0.05, 0) is 13.8 Å². The lowest BCUT2D eigenvalue weighted by Crippen LogP contribution is -2.42. The average Bonchev–Trinajstić information content (AvgIpc) is 2.26. The third kappa shape index (κ3) is 1.75. The van der Waals surface area contributed by atoms with Crippen LogP contribution in [0.1, 0.15) is 20.3 Å². The summed E-state index contributed by atoms with van der Waals surface area (Å²) < 4.78 is 0. The van der Waals surface area contributed by atoms with Crippen molar-refractivity contribution in [3.8, 4) is 0 Å². The Morgan fingerprint density at radius 1 is 1.62 bits per heavy atom. The highest BCUT2D eigenvalue weighted by Crippen LogP contribution is 2.20. The number of thiol groups is 1. The maximum absolute atomic E-state index is 11.3. The molecule has 1 saturated heterocycles. The zero-order chi connectivity index (χ0) is 10.2. The van der Waals surface area contributed by atoms with E-state index in [1.807, 2.05) is 0 Å². The van der Waals surface area contributed by atoms with Crippen LogP contribution in [0, 0.1) is 0 Å². The third-order valence-electron chi connectivity index (χ3n) is 2.13. The van der Waals surface area contributed by atoms with E-state index >= 15 is 0 Å². The summed E-state index contributed by atoms with van der Waals surface area (Å²) in [4.78, 5) is 34.5. The highest BCUT2D eigenvalue weighted by Gasteiger charge is 2.40. The molecule has 2 amide bonds. The number of nitrogens with zero attached hydrogens (tertiary/aromatic N) is 1. The van der Waals surface area contributed by atoms with Crippen LogP contribution in [0.5, 0.6) is 0 Å². The molecule has 0 spiro atoms. The second-order valence-electron chi connectivity index (χ2n) is 3.11. The van der Waals surface area contributed by atoms with Crippen LogP contribution in [0.2, 0.25) is 0 Å². The first kappa shape index (κ1) is 10.2. The van der Waals surface area contributed by atoms with Gasteiger partial charge in [0.25, 0.3) is 0 Å².